The Labute approximate surface area is 178 Å². The summed E-state index contributed by atoms with van der Waals surface area (Å²) in [6.07, 6.45) is 6.42. The van der Waals surface area contributed by atoms with Gasteiger partial charge < -0.3 is 15.2 Å². The van der Waals surface area contributed by atoms with Crippen LogP contribution in [0.3, 0.4) is 0 Å². The van der Waals surface area contributed by atoms with Crippen molar-refractivity contribution in [1.82, 2.24) is 24.8 Å². The second-order valence-corrected chi connectivity index (χ2v) is 7.53. The number of fused-ring (bicyclic) bond motifs is 1. The summed E-state index contributed by atoms with van der Waals surface area (Å²) in [7, 11) is 0. The average molecular weight is 416 g/mol. The number of likely N-dealkylation sites (tertiary alicyclic amines) is 1. The molecule has 31 heavy (non-hydrogen) atoms. The van der Waals surface area contributed by atoms with Gasteiger partial charge in [-0.1, -0.05) is 18.2 Å². The molecule has 2 N–H and O–H groups in total. The molecule has 156 valence electrons. The van der Waals surface area contributed by atoms with Gasteiger partial charge in [-0.3, -0.25) is 4.79 Å². The summed E-state index contributed by atoms with van der Waals surface area (Å²) in [6.45, 7) is 1.11. The SMILES string of the molecule is O=C(c1ccccc1)N1CCC[C@H]1CNc1nc(-c2c[nH]c3ncccc23)ncc1F. The molecule has 1 aliphatic rings. The zero-order valence-electron chi connectivity index (χ0n) is 16.8. The van der Waals surface area contributed by atoms with Gasteiger partial charge in [-0.05, 0) is 37.1 Å². The smallest absolute Gasteiger partial charge is 0.254 e. The molecule has 5 rings (SSSR count). The number of benzene rings is 1. The van der Waals surface area contributed by atoms with E-state index in [1.54, 1.807) is 12.4 Å². The van der Waals surface area contributed by atoms with Crippen molar-refractivity contribution in [3.8, 4) is 11.4 Å². The van der Waals surface area contributed by atoms with E-state index in [1.165, 1.54) is 6.20 Å². The number of halogens is 1. The van der Waals surface area contributed by atoms with Crippen LogP contribution in [0.15, 0.2) is 61.1 Å². The van der Waals surface area contributed by atoms with E-state index in [1.807, 2.05) is 47.4 Å². The predicted molar refractivity (Wildman–Crippen MR) is 116 cm³/mol. The van der Waals surface area contributed by atoms with Crippen molar-refractivity contribution in [3.63, 3.8) is 0 Å². The molecule has 0 aliphatic carbocycles. The van der Waals surface area contributed by atoms with Gasteiger partial charge in [0.15, 0.2) is 17.5 Å². The Morgan fingerprint density at radius 1 is 1.19 bits per heavy atom. The molecule has 4 heterocycles. The number of nitrogens with one attached hydrogen (secondary N) is 2. The van der Waals surface area contributed by atoms with E-state index < -0.39 is 5.82 Å². The average Bonchev–Trinajstić information content (AvgIpc) is 3.46. The number of anilines is 1. The predicted octanol–water partition coefficient (Wildman–Crippen LogP) is 3.88. The summed E-state index contributed by atoms with van der Waals surface area (Å²) in [5.74, 6) is 0.00901. The van der Waals surface area contributed by atoms with Gasteiger partial charge in [0.1, 0.15) is 5.65 Å². The number of aromatic amines is 1. The maximum atomic E-state index is 14.4. The molecule has 0 bridgehead atoms. The standard InChI is InChI=1S/C23H21FN6O/c24-19-14-28-21(18-13-27-20-17(18)9-4-10-25-20)29-22(19)26-12-16-8-5-11-30(16)23(31)15-6-2-1-3-7-15/h1-4,6-7,9-10,13-14,16H,5,8,11-12H2,(H,25,27)(H,26,28,29)/t16-/m0/s1. The highest BCUT2D eigenvalue weighted by Gasteiger charge is 2.29. The number of hydrogen-bond acceptors (Lipinski definition) is 5. The van der Waals surface area contributed by atoms with Crippen molar-refractivity contribution < 1.29 is 9.18 Å². The molecule has 1 saturated heterocycles. The monoisotopic (exact) mass is 416 g/mol. The highest BCUT2D eigenvalue weighted by molar-refractivity contribution is 5.94. The second kappa shape index (κ2) is 8.14. The topological polar surface area (TPSA) is 86.8 Å². The van der Waals surface area contributed by atoms with Crippen LogP contribution in [0.25, 0.3) is 22.4 Å². The quantitative estimate of drug-likeness (QED) is 0.516. The molecule has 1 aromatic carbocycles. The Kier molecular flexibility index (Phi) is 5.03. The summed E-state index contributed by atoms with van der Waals surface area (Å²) in [5.41, 5.74) is 2.15. The number of amides is 1. The molecule has 4 aromatic rings. The second-order valence-electron chi connectivity index (χ2n) is 7.53. The molecule has 1 atom stereocenters. The van der Waals surface area contributed by atoms with Crippen molar-refractivity contribution in [2.75, 3.05) is 18.4 Å². The van der Waals surface area contributed by atoms with Gasteiger partial charge in [0, 0.05) is 48.0 Å². The third-order valence-electron chi connectivity index (χ3n) is 5.60. The van der Waals surface area contributed by atoms with Crippen molar-refractivity contribution in [1.29, 1.82) is 0 Å². The van der Waals surface area contributed by atoms with Gasteiger partial charge in [0.05, 0.1) is 6.20 Å². The summed E-state index contributed by atoms with van der Waals surface area (Å²) in [6, 6.07) is 13.0. The molecule has 0 unspecified atom stereocenters. The Hall–Kier alpha value is -3.81. The number of aromatic nitrogens is 4. The minimum absolute atomic E-state index is 0.0000380. The van der Waals surface area contributed by atoms with Gasteiger partial charge in [-0.25, -0.2) is 19.3 Å². The lowest BCUT2D eigenvalue weighted by molar-refractivity contribution is 0.0743. The maximum absolute atomic E-state index is 14.4. The number of nitrogens with zero attached hydrogens (tertiary/aromatic N) is 4. The van der Waals surface area contributed by atoms with Crippen LogP contribution >= 0.6 is 0 Å². The lowest BCUT2D eigenvalue weighted by Gasteiger charge is -2.25. The van der Waals surface area contributed by atoms with Gasteiger partial charge in [0.25, 0.3) is 5.91 Å². The Balaban J connectivity index is 1.34. The minimum Gasteiger partial charge on any atom is -0.365 e. The Bertz CT molecular complexity index is 1230. The van der Waals surface area contributed by atoms with Crippen LogP contribution in [0, 0.1) is 5.82 Å². The number of hydrogen-bond donors (Lipinski definition) is 2. The van der Waals surface area contributed by atoms with Crippen molar-refractivity contribution >= 4 is 22.8 Å². The molecule has 1 aliphatic heterocycles. The first-order chi connectivity index (χ1) is 15.2. The fourth-order valence-corrected chi connectivity index (χ4v) is 4.04. The first-order valence-corrected chi connectivity index (χ1v) is 10.3. The minimum atomic E-state index is -0.527. The largest absolute Gasteiger partial charge is 0.365 e. The van der Waals surface area contributed by atoms with Crippen LogP contribution in [0.5, 0.6) is 0 Å². The number of pyridine rings is 1. The van der Waals surface area contributed by atoms with E-state index in [9.17, 15) is 9.18 Å². The fraction of sp³-hybridized carbons (Fsp3) is 0.217. The van der Waals surface area contributed by atoms with Gasteiger partial charge in [-0.15, -0.1) is 0 Å². The van der Waals surface area contributed by atoms with Crippen LogP contribution in [0.1, 0.15) is 23.2 Å². The van der Waals surface area contributed by atoms with Gasteiger partial charge in [-0.2, -0.15) is 0 Å². The molecule has 0 saturated carbocycles. The molecule has 0 spiro atoms. The number of rotatable bonds is 5. The molecule has 1 amide bonds. The zero-order valence-corrected chi connectivity index (χ0v) is 16.8. The highest BCUT2D eigenvalue weighted by atomic mass is 19.1. The first kappa shape index (κ1) is 19.2. The molecule has 7 nitrogen and oxygen atoms in total. The zero-order chi connectivity index (χ0) is 21.2. The Morgan fingerprint density at radius 2 is 2.06 bits per heavy atom. The van der Waals surface area contributed by atoms with E-state index in [-0.39, 0.29) is 17.8 Å². The van der Waals surface area contributed by atoms with Crippen LogP contribution in [0.4, 0.5) is 10.2 Å². The lowest BCUT2D eigenvalue weighted by atomic mass is 10.1. The van der Waals surface area contributed by atoms with Crippen LogP contribution in [0.2, 0.25) is 0 Å². The number of H-pyrrole nitrogens is 1. The number of carbonyl (C=O) groups is 1. The molecular formula is C23H21FN6O. The molecular weight excluding hydrogens is 395 g/mol. The first-order valence-electron chi connectivity index (χ1n) is 10.3. The summed E-state index contributed by atoms with van der Waals surface area (Å²) in [5, 5.41) is 3.97. The maximum Gasteiger partial charge on any atom is 0.254 e. The fourth-order valence-electron chi connectivity index (χ4n) is 4.04. The number of carbonyl (C=O) groups excluding carboxylic acids is 1. The summed E-state index contributed by atoms with van der Waals surface area (Å²) in [4.78, 5) is 30.6. The van der Waals surface area contributed by atoms with E-state index in [2.05, 4.69) is 25.3 Å². The third-order valence-corrected chi connectivity index (χ3v) is 5.60. The van der Waals surface area contributed by atoms with E-state index >= 15 is 0 Å². The van der Waals surface area contributed by atoms with Crippen molar-refractivity contribution in [2.45, 2.75) is 18.9 Å². The highest BCUT2D eigenvalue weighted by Crippen LogP contribution is 2.26. The summed E-state index contributed by atoms with van der Waals surface area (Å²) >= 11 is 0. The molecule has 3 aromatic heterocycles. The van der Waals surface area contributed by atoms with E-state index in [4.69, 9.17) is 0 Å². The lowest BCUT2D eigenvalue weighted by Crippen LogP contribution is -2.39. The Morgan fingerprint density at radius 3 is 2.94 bits per heavy atom. The molecule has 8 heteroatoms. The van der Waals surface area contributed by atoms with Crippen LogP contribution in [-0.2, 0) is 0 Å². The van der Waals surface area contributed by atoms with Gasteiger partial charge in [0.2, 0.25) is 0 Å². The van der Waals surface area contributed by atoms with E-state index in [0.717, 1.165) is 29.4 Å². The van der Waals surface area contributed by atoms with Gasteiger partial charge >= 0.3 is 0 Å². The third kappa shape index (κ3) is 3.72. The molecule has 0 radical (unpaired) electrons. The van der Waals surface area contributed by atoms with Crippen molar-refractivity contribution in [2.24, 2.45) is 0 Å². The van der Waals surface area contributed by atoms with Crippen LogP contribution < -0.4 is 5.32 Å². The molecule has 1 fully saturated rings. The normalized spacial score (nSPS) is 16.0. The van der Waals surface area contributed by atoms with Crippen LogP contribution in [-0.4, -0.2) is 49.9 Å². The van der Waals surface area contributed by atoms with E-state index in [0.29, 0.717) is 24.5 Å². The summed E-state index contributed by atoms with van der Waals surface area (Å²) < 4.78 is 14.4. The van der Waals surface area contributed by atoms with Crippen molar-refractivity contribution in [3.05, 3.63) is 72.4 Å².